The van der Waals surface area contributed by atoms with E-state index in [9.17, 15) is 9.18 Å². The van der Waals surface area contributed by atoms with Crippen LogP contribution in [0, 0.1) is 5.82 Å². The molecule has 1 aromatic carbocycles. The van der Waals surface area contributed by atoms with E-state index in [0.29, 0.717) is 17.4 Å². The summed E-state index contributed by atoms with van der Waals surface area (Å²) in [6, 6.07) is 7.85. The standard InChI is InChI=1S/C14H10BrFN4O2S/c15-11-4-3-10(23-11)14-19-12(22-20-14)6-18-7-1-2-8(13(17)21)9(16)5-7/h1-5,18H,6H2,(H2,17,21). The van der Waals surface area contributed by atoms with E-state index in [1.807, 2.05) is 12.1 Å². The number of carbonyl (C=O) groups is 1. The Balaban J connectivity index is 1.68. The highest BCUT2D eigenvalue weighted by molar-refractivity contribution is 9.11. The molecule has 0 spiro atoms. The van der Waals surface area contributed by atoms with E-state index < -0.39 is 11.7 Å². The van der Waals surface area contributed by atoms with Crippen LogP contribution in [0.4, 0.5) is 10.1 Å². The summed E-state index contributed by atoms with van der Waals surface area (Å²) in [4.78, 5) is 16.1. The number of nitrogens with two attached hydrogens (primary N) is 1. The lowest BCUT2D eigenvalue weighted by atomic mass is 10.2. The highest BCUT2D eigenvalue weighted by atomic mass is 79.9. The smallest absolute Gasteiger partial charge is 0.251 e. The second kappa shape index (κ2) is 6.47. The molecule has 1 amide bonds. The number of hydrogen-bond donors (Lipinski definition) is 2. The van der Waals surface area contributed by atoms with Crippen molar-refractivity contribution >= 4 is 38.9 Å². The first-order valence-corrected chi connectivity index (χ1v) is 8.05. The van der Waals surface area contributed by atoms with Crippen molar-refractivity contribution in [3.05, 3.63) is 51.4 Å². The predicted octanol–water partition coefficient (Wildman–Crippen LogP) is 3.41. The maximum absolute atomic E-state index is 13.7. The molecule has 0 atom stereocenters. The van der Waals surface area contributed by atoms with Crippen LogP contribution in [-0.2, 0) is 6.54 Å². The number of benzene rings is 1. The molecule has 0 saturated heterocycles. The maximum Gasteiger partial charge on any atom is 0.251 e. The van der Waals surface area contributed by atoms with Gasteiger partial charge in [0.2, 0.25) is 11.7 Å². The molecule has 0 aliphatic heterocycles. The fraction of sp³-hybridized carbons (Fsp3) is 0.0714. The molecule has 0 fully saturated rings. The SMILES string of the molecule is NC(=O)c1ccc(NCc2nc(-c3ccc(Br)s3)no2)cc1F. The number of primary amides is 1. The van der Waals surface area contributed by atoms with Crippen molar-refractivity contribution in [3.8, 4) is 10.7 Å². The molecular formula is C14H10BrFN4O2S. The van der Waals surface area contributed by atoms with Gasteiger partial charge in [0.05, 0.1) is 20.8 Å². The molecule has 0 aliphatic rings. The third kappa shape index (κ3) is 3.57. The van der Waals surface area contributed by atoms with Crippen LogP contribution in [0.15, 0.2) is 38.6 Å². The Bertz CT molecular complexity index is 864. The molecule has 0 aliphatic carbocycles. The Kier molecular flexibility index (Phi) is 4.39. The third-order valence-corrected chi connectivity index (χ3v) is 4.56. The molecule has 0 bridgehead atoms. The van der Waals surface area contributed by atoms with Gasteiger partial charge < -0.3 is 15.6 Å². The van der Waals surface area contributed by atoms with Crippen LogP contribution in [0.2, 0.25) is 0 Å². The molecular weight excluding hydrogens is 387 g/mol. The van der Waals surface area contributed by atoms with Crippen molar-refractivity contribution in [1.29, 1.82) is 0 Å². The molecule has 9 heteroatoms. The highest BCUT2D eigenvalue weighted by Gasteiger charge is 2.12. The average Bonchev–Trinajstić information content (AvgIpc) is 3.13. The number of rotatable bonds is 5. The zero-order chi connectivity index (χ0) is 16.4. The summed E-state index contributed by atoms with van der Waals surface area (Å²) in [5.41, 5.74) is 5.38. The van der Waals surface area contributed by atoms with E-state index in [-0.39, 0.29) is 12.1 Å². The van der Waals surface area contributed by atoms with E-state index >= 15 is 0 Å². The van der Waals surface area contributed by atoms with Gasteiger partial charge in [-0.05, 0) is 46.3 Å². The number of carbonyl (C=O) groups excluding carboxylic acids is 1. The highest BCUT2D eigenvalue weighted by Crippen LogP contribution is 2.29. The number of amides is 1. The van der Waals surface area contributed by atoms with E-state index in [4.69, 9.17) is 10.3 Å². The van der Waals surface area contributed by atoms with Crippen molar-refractivity contribution in [2.45, 2.75) is 6.54 Å². The number of aromatic nitrogens is 2. The lowest BCUT2D eigenvalue weighted by molar-refractivity contribution is 0.0996. The lowest BCUT2D eigenvalue weighted by Gasteiger charge is -2.05. The Labute approximate surface area is 142 Å². The van der Waals surface area contributed by atoms with Crippen LogP contribution >= 0.6 is 27.3 Å². The first kappa shape index (κ1) is 15.6. The lowest BCUT2D eigenvalue weighted by Crippen LogP contribution is -2.13. The Morgan fingerprint density at radius 3 is 2.87 bits per heavy atom. The summed E-state index contributed by atoms with van der Waals surface area (Å²) in [5, 5.41) is 6.84. The van der Waals surface area contributed by atoms with E-state index in [1.165, 1.54) is 23.5 Å². The number of hydrogen-bond acceptors (Lipinski definition) is 6. The molecule has 0 saturated carbocycles. The fourth-order valence-corrected chi connectivity index (χ4v) is 3.18. The van der Waals surface area contributed by atoms with Gasteiger partial charge in [-0.15, -0.1) is 11.3 Å². The van der Waals surface area contributed by atoms with E-state index in [1.54, 1.807) is 6.07 Å². The molecule has 118 valence electrons. The Morgan fingerprint density at radius 2 is 2.22 bits per heavy atom. The summed E-state index contributed by atoms with van der Waals surface area (Å²) in [6.07, 6.45) is 0. The average molecular weight is 397 g/mol. The summed E-state index contributed by atoms with van der Waals surface area (Å²) in [6.45, 7) is 0.231. The number of nitrogens with zero attached hydrogens (tertiary/aromatic N) is 2. The van der Waals surface area contributed by atoms with Crippen LogP contribution < -0.4 is 11.1 Å². The molecule has 3 rings (SSSR count). The zero-order valence-electron chi connectivity index (χ0n) is 11.5. The van der Waals surface area contributed by atoms with Crippen molar-refractivity contribution in [3.63, 3.8) is 0 Å². The minimum Gasteiger partial charge on any atom is -0.376 e. The summed E-state index contributed by atoms with van der Waals surface area (Å²) >= 11 is 4.86. The van der Waals surface area contributed by atoms with Gasteiger partial charge in [0.25, 0.3) is 5.91 Å². The normalized spacial score (nSPS) is 10.7. The molecule has 2 heterocycles. The molecule has 2 aromatic heterocycles. The van der Waals surface area contributed by atoms with Crippen molar-refractivity contribution in [2.24, 2.45) is 5.73 Å². The van der Waals surface area contributed by atoms with Gasteiger partial charge in [-0.3, -0.25) is 4.79 Å². The van der Waals surface area contributed by atoms with Crippen LogP contribution in [0.1, 0.15) is 16.2 Å². The minimum atomic E-state index is -0.808. The number of anilines is 1. The van der Waals surface area contributed by atoms with Crippen molar-refractivity contribution in [1.82, 2.24) is 10.1 Å². The van der Waals surface area contributed by atoms with Crippen LogP contribution in [0.3, 0.4) is 0 Å². The summed E-state index contributed by atoms with van der Waals surface area (Å²) < 4.78 is 19.8. The van der Waals surface area contributed by atoms with E-state index in [0.717, 1.165) is 8.66 Å². The van der Waals surface area contributed by atoms with Crippen LogP contribution in [0.5, 0.6) is 0 Å². The van der Waals surface area contributed by atoms with Gasteiger partial charge in [0, 0.05) is 5.69 Å². The van der Waals surface area contributed by atoms with Crippen molar-refractivity contribution in [2.75, 3.05) is 5.32 Å². The summed E-state index contributed by atoms with van der Waals surface area (Å²) in [7, 11) is 0. The van der Waals surface area contributed by atoms with Crippen molar-refractivity contribution < 1.29 is 13.7 Å². The van der Waals surface area contributed by atoms with Gasteiger partial charge in [-0.2, -0.15) is 4.98 Å². The predicted molar refractivity (Wildman–Crippen MR) is 87.6 cm³/mol. The molecule has 3 aromatic rings. The van der Waals surface area contributed by atoms with Crippen LogP contribution in [0.25, 0.3) is 10.7 Å². The Hall–Kier alpha value is -2.26. The third-order valence-electron chi connectivity index (χ3n) is 2.94. The molecule has 23 heavy (non-hydrogen) atoms. The van der Waals surface area contributed by atoms with Gasteiger partial charge in [0.15, 0.2) is 0 Å². The topological polar surface area (TPSA) is 94.0 Å². The molecule has 0 radical (unpaired) electrons. The van der Waals surface area contributed by atoms with Gasteiger partial charge in [-0.25, -0.2) is 4.39 Å². The largest absolute Gasteiger partial charge is 0.376 e. The fourth-order valence-electron chi connectivity index (χ4n) is 1.86. The Morgan fingerprint density at radius 1 is 1.39 bits per heavy atom. The molecule has 3 N–H and O–H groups in total. The second-order valence-corrected chi connectivity index (χ2v) is 6.99. The van der Waals surface area contributed by atoms with Gasteiger partial charge in [-0.1, -0.05) is 5.16 Å². The second-order valence-electron chi connectivity index (χ2n) is 4.53. The first-order chi connectivity index (χ1) is 11.0. The van der Waals surface area contributed by atoms with E-state index in [2.05, 4.69) is 31.4 Å². The maximum atomic E-state index is 13.7. The summed E-state index contributed by atoms with van der Waals surface area (Å²) in [5.74, 6) is -0.633. The van der Waals surface area contributed by atoms with Gasteiger partial charge >= 0.3 is 0 Å². The van der Waals surface area contributed by atoms with Gasteiger partial charge in [0.1, 0.15) is 5.82 Å². The van der Waals surface area contributed by atoms with Crippen LogP contribution in [-0.4, -0.2) is 16.0 Å². The molecule has 6 nitrogen and oxygen atoms in total. The quantitative estimate of drug-likeness (QED) is 0.688. The number of thiophene rings is 1. The number of halogens is 2. The monoisotopic (exact) mass is 396 g/mol. The number of nitrogens with one attached hydrogen (secondary N) is 1. The minimum absolute atomic E-state index is 0.154. The first-order valence-electron chi connectivity index (χ1n) is 6.44. The molecule has 0 unspecified atom stereocenters. The zero-order valence-corrected chi connectivity index (χ0v) is 13.9.